The van der Waals surface area contributed by atoms with Gasteiger partial charge in [-0.2, -0.15) is 5.10 Å². The van der Waals surface area contributed by atoms with E-state index in [4.69, 9.17) is 16.3 Å². The SMILES string of the molecule is CC(C)(C)OC(=O)N/N=C(\CCl)c1ccc2ccccc2c1. The van der Waals surface area contributed by atoms with Crippen LogP contribution in [-0.2, 0) is 4.74 Å². The van der Waals surface area contributed by atoms with Gasteiger partial charge in [-0.05, 0) is 43.2 Å². The summed E-state index contributed by atoms with van der Waals surface area (Å²) in [5.41, 5.74) is 3.26. The molecule has 4 nitrogen and oxygen atoms in total. The summed E-state index contributed by atoms with van der Waals surface area (Å²) in [5, 5.41) is 6.30. The van der Waals surface area contributed by atoms with Gasteiger partial charge in [0.15, 0.2) is 0 Å². The normalized spacial score (nSPS) is 12.3. The van der Waals surface area contributed by atoms with Crippen molar-refractivity contribution < 1.29 is 9.53 Å². The third-order valence-corrected chi connectivity index (χ3v) is 3.14. The van der Waals surface area contributed by atoms with E-state index in [-0.39, 0.29) is 5.88 Å². The molecule has 0 aliphatic carbocycles. The molecule has 0 saturated carbocycles. The molecule has 0 aromatic heterocycles. The highest BCUT2D eigenvalue weighted by molar-refractivity contribution is 6.32. The second-order valence-electron chi connectivity index (χ2n) is 5.87. The lowest BCUT2D eigenvalue weighted by molar-refractivity contribution is 0.0529. The predicted molar refractivity (Wildman–Crippen MR) is 90.6 cm³/mol. The van der Waals surface area contributed by atoms with Crippen molar-refractivity contribution in [3.05, 3.63) is 48.0 Å². The van der Waals surface area contributed by atoms with Crippen molar-refractivity contribution in [2.24, 2.45) is 5.10 Å². The van der Waals surface area contributed by atoms with Crippen molar-refractivity contribution in [1.82, 2.24) is 5.43 Å². The van der Waals surface area contributed by atoms with Gasteiger partial charge < -0.3 is 4.74 Å². The molecular weight excluding hydrogens is 300 g/mol. The van der Waals surface area contributed by atoms with Crippen molar-refractivity contribution in [2.45, 2.75) is 26.4 Å². The first-order chi connectivity index (χ1) is 10.4. The molecule has 0 bridgehead atoms. The summed E-state index contributed by atoms with van der Waals surface area (Å²) >= 11 is 5.95. The first-order valence-corrected chi connectivity index (χ1v) is 7.53. The molecule has 0 saturated heterocycles. The molecule has 0 unspecified atom stereocenters. The number of hydrogen-bond acceptors (Lipinski definition) is 3. The molecular formula is C17H19ClN2O2. The first kappa shape index (κ1) is 16.3. The number of carbonyl (C=O) groups is 1. The number of amides is 1. The highest BCUT2D eigenvalue weighted by Gasteiger charge is 2.16. The molecule has 0 fully saturated rings. The lowest BCUT2D eigenvalue weighted by Crippen LogP contribution is -2.30. The number of carbonyl (C=O) groups excluding carboxylic acids is 1. The maximum atomic E-state index is 11.6. The quantitative estimate of drug-likeness (QED) is 0.521. The van der Waals surface area contributed by atoms with E-state index in [9.17, 15) is 4.79 Å². The monoisotopic (exact) mass is 318 g/mol. The van der Waals surface area contributed by atoms with E-state index in [1.54, 1.807) is 20.8 Å². The number of halogens is 1. The van der Waals surface area contributed by atoms with Crippen LogP contribution in [-0.4, -0.2) is 23.3 Å². The van der Waals surface area contributed by atoms with Crippen LogP contribution in [0.1, 0.15) is 26.3 Å². The average Bonchev–Trinajstić information content (AvgIpc) is 2.46. The van der Waals surface area contributed by atoms with Crippen LogP contribution < -0.4 is 5.43 Å². The molecule has 22 heavy (non-hydrogen) atoms. The molecule has 0 spiro atoms. The van der Waals surface area contributed by atoms with Crippen molar-refractivity contribution in [1.29, 1.82) is 0 Å². The second kappa shape index (κ2) is 6.79. The highest BCUT2D eigenvalue weighted by atomic mass is 35.5. The number of alkyl halides is 1. The number of ether oxygens (including phenoxy) is 1. The summed E-state index contributed by atoms with van der Waals surface area (Å²) in [7, 11) is 0. The molecule has 0 aliphatic rings. The van der Waals surface area contributed by atoms with E-state index in [1.165, 1.54) is 0 Å². The van der Waals surface area contributed by atoms with Crippen LogP contribution in [0.4, 0.5) is 4.79 Å². The lowest BCUT2D eigenvalue weighted by Gasteiger charge is -2.18. The van der Waals surface area contributed by atoms with Crippen molar-refractivity contribution in [3.8, 4) is 0 Å². The zero-order valence-electron chi connectivity index (χ0n) is 12.9. The fraction of sp³-hybridized carbons (Fsp3) is 0.294. The van der Waals surface area contributed by atoms with Crippen molar-refractivity contribution in [3.63, 3.8) is 0 Å². The Kier molecular flexibility index (Phi) is 5.03. The largest absolute Gasteiger partial charge is 0.443 e. The van der Waals surface area contributed by atoms with Crippen LogP contribution in [0.25, 0.3) is 10.8 Å². The molecule has 5 heteroatoms. The molecule has 2 aromatic carbocycles. The Bertz CT molecular complexity index is 705. The van der Waals surface area contributed by atoms with Crippen LogP contribution in [0.2, 0.25) is 0 Å². The number of rotatable bonds is 3. The van der Waals surface area contributed by atoms with E-state index in [0.29, 0.717) is 5.71 Å². The van der Waals surface area contributed by atoms with Gasteiger partial charge in [0.2, 0.25) is 0 Å². The molecule has 0 heterocycles. The number of hydrazone groups is 1. The minimum Gasteiger partial charge on any atom is -0.443 e. The number of nitrogens with zero attached hydrogens (tertiary/aromatic N) is 1. The standard InChI is InChI=1S/C17H19ClN2O2/c1-17(2,3)22-16(21)20-19-15(11-18)14-9-8-12-6-4-5-7-13(12)10-14/h4-10H,11H2,1-3H3,(H,20,21)/b19-15+. The lowest BCUT2D eigenvalue weighted by atomic mass is 10.0. The highest BCUT2D eigenvalue weighted by Crippen LogP contribution is 2.16. The van der Waals surface area contributed by atoms with E-state index < -0.39 is 11.7 Å². The molecule has 0 atom stereocenters. The predicted octanol–water partition coefficient (Wildman–Crippen LogP) is 4.31. The number of nitrogens with one attached hydrogen (secondary N) is 1. The van der Waals surface area contributed by atoms with E-state index in [2.05, 4.69) is 10.5 Å². The van der Waals surface area contributed by atoms with Gasteiger partial charge in [-0.15, -0.1) is 11.6 Å². The maximum Gasteiger partial charge on any atom is 0.428 e. The Labute approximate surface area is 135 Å². The number of fused-ring (bicyclic) bond motifs is 1. The molecule has 1 N–H and O–H groups in total. The van der Waals surface area contributed by atoms with Gasteiger partial charge in [0.25, 0.3) is 0 Å². The van der Waals surface area contributed by atoms with Gasteiger partial charge in [-0.1, -0.05) is 36.4 Å². The van der Waals surface area contributed by atoms with E-state index >= 15 is 0 Å². The minimum atomic E-state index is -0.601. The van der Waals surface area contributed by atoms with Gasteiger partial charge in [0.1, 0.15) is 5.60 Å². The van der Waals surface area contributed by atoms with Gasteiger partial charge in [-0.3, -0.25) is 0 Å². The van der Waals surface area contributed by atoms with Gasteiger partial charge in [0.05, 0.1) is 11.6 Å². The van der Waals surface area contributed by atoms with Gasteiger partial charge >= 0.3 is 6.09 Å². The Morgan fingerprint density at radius 1 is 1.18 bits per heavy atom. The molecule has 1 amide bonds. The van der Waals surface area contributed by atoms with E-state index in [0.717, 1.165) is 16.3 Å². The summed E-state index contributed by atoms with van der Waals surface area (Å²) in [4.78, 5) is 11.6. The summed E-state index contributed by atoms with van der Waals surface area (Å²) in [6, 6.07) is 13.9. The zero-order chi connectivity index (χ0) is 16.2. The maximum absolute atomic E-state index is 11.6. The third kappa shape index (κ3) is 4.46. The van der Waals surface area contributed by atoms with Gasteiger partial charge in [0, 0.05) is 0 Å². The average molecular weight is 319 g/mol. The second-order valence-corrected chi connectivity index (χ2v) is 6.14. The van der Waals surface area contributed by atoms with Crippen LogP contribution in [0.15, 0.2) is 47.6 Å². The number of hydrogen-bond donors (Lipinski definition) is 1. The Morgan fingerprint density at radius 3 is 2.50 bits per heavy atom. The third-order valence-electron chi connectivity index (χ3n) is 2.89. The summed E-state index contributed by atoms with van der Waals surface area (Å²) in [6.45, 7) is 5.38. The van der Waals surface area contributed by atoms with Gasteiger partial charge in [-0.25, -0.2) is 10.2 Å². The Hall–Kier alpha value is -2.07. The van der Waals surface area contributed by atoms with Crippen molar-refractivity contribution in [2.75, 3.05) is 5.88 Å². The van der Waals surface area contributed by atoms with Crippen LogP contribution in [0.5, 0.6) is 0 Å². The Balaban J connectivity index is 2.18. The molecule has 2 rings (SSSR count). The fourth-order valence-corrected chi connectivity index (χ4v) is 2.17. The van der Waals surface area contributed by atoms with E-state index in [1.807, 2.05) is 42.5 Å². The summed E-state index contributed by atoms with van der Waals surface area (Å²) in [6.07, 6.45) is -0.601. The van der Waals surface area contributed by atoms with Crippen LogP contribution >= 0.6 is 11.6 Å². The summed E-state index contributed by atoms with van der Waals surface area (Å²) < 4.78 is 5.14. The minimum absolute atomic E-state index is 0.189. The summed E-state index contributed by atoms with van der Waals surface area (Å²) in [5.74, 6) is 0.189. The Morgan fingerprint density at radius 2 is 1.86 bits per heavy atom. The van der Waals surface area contributed by atoms with Crippen LogP contribution in [0, 0.1) is 0 Å². The zero-order valence-corrected chi connectivity index (χ0v) is 13.6. The molecule has 116 valence electrons. The smallest absolute Gasteiger partial charge is 0.428 e. The first-order valence-electron chi connectivity index (χ1n) is 7.00. The molecule has 0 aliphatic heterocycles. The fourth-order valence-electron chi connectivity index (χ4n) is 1.95. The topological polar surface area (TPSA) is 50.7 Å². The van der Waals surface area contributed by atoms with Crippen molar-refractivity contribution >= 4 is 34.2 Å². The molecule has 0 radical (unpaired) electrons. The number of benzene rings is 2. The van der Waals surface area contributed by atoms with Crippen LogP contribution in [0.3, 0.4) is 0 Å². The molecule has 2 aromatic rings.